The van der Waals surface area contributed by atoms with Crippen molar-refractivity contribution >= 4 is 12.3 Å². The van der Waals surface area contributed by atoms with Crippen molar-refractivity contribution in [2.45, 2.75) is 12.5 Å². The summed E-state index contributed by atoms with van der Waals surface area (Å²) in [5.41, 5.74) is 0.556. The maximum absolute atomic E-state index is 10.6. The Labute approximate surface area is 75.5 Å². The van der Waals surface area contributed by atoms with E-state index in [1.807, 2.05) is 0 Å². The van der Waals surface area contributed by atoms with E-state index in [2.05, 4.69) is 4.74 Å². The Bertz CT molecular complexity index is 265. The van der Waals surface area contributed by atoms with Crippen molar-refractivity contribution in [3.05, 3.63) is 23.8 Å². The van der Waals surface area contributed by atoms with E-state index < -0.39 is 12.1 Å². The quantitative estimate of drug-likeness (QED) is 0.377. The number of hydrogen-bond acceptors (Lipinski definition) is 4. The third-order valence-electron chi connectivity index (χ3n) is 1.69. The van der Waals surface area contributed by atoms with E-state index in [4.69, 9.17) is 0 Å². The lowest BCUT2D eigenvalue weighted by Crippen LogP contribution is -2.10. The first-order valence-corrected chi connectivity index (χ1v) is 3.89. The van der Waals surface area contributed by atoms with Crippen LogP contribution in [0, 0.1) is 0 Å². The molecule has 1 unspecified atom stereocenters. The lowest BCUT2D eigenvalue weighted by Gasteiger charge is -2.06. The van der Waals surface area contributed by atoms with Crippen LogP contribution < -0.4 is 0 Å². The molecule has 0 aliphatic carbocycles. The van der Waals surface area contributed by atoms with Crippen LogP contribution >= 0.6 is 0 Å². The van der Waals surface area contributed by atoms with Crippen molar-refractivity contribution in [3.8, 4) is 0 Å². The minimum atomic E-state index is -0.734. The molecule has 0 aromatic carbocycles. The second-order valence-electron chi connectivity index (χ2n) is 2.64. The number of aldehydes is 1. The number of carbonyl (C=O) groups is 2. The Hall–Kier alpha value is -1.42. The first-order valence-electron chi connectivity index (χ1n) is 3.89. The Morgan fingerprint density at radius 1 is 1.69 bits per heavy atom. The van der Waals surface area contributed by atoms with Crippen molar-refractivity contribution in [1.29, 1.82) is 0 Å². The molecule has 1 rings (SSSR count). The zero-order valence-electron chi connectivity index (χ0n) is 6.97. The van der Waals surface area contributed by atoms with Crippen LogP contribution in [0.1, 0.15) is 6.42 Å². The van der Waals surface area contributed by atoms with Crippen LogP contribution in [0.2, 0.25) is 0 Å². The average molecular weight is 182 g/mol. The van der Waals surface area contributed by atoms with Crippen molar-refractivity contribution < 1.29 is 19.4 Å². The van der Waals surface area contributed by atoms with Gasteiger partial charge in [0.1, 0.15) is 12.9 Å². The Kier molecular flexibility index (Phi) is 3.40. The SMILES string of the molecule is O=C/C=C/CC(O)C1=CC(=O)OC1. The number of aliphatic hydroxyl groups excluding tert-OH is 1. The lowest BCUT2D eigenvalue weighted by atomic mass is 10.1. The lowest BCUT2D eigenvalue weighted by molar-refractivity contribution is -0.135. The first kappa shape index (κ1) is 9.67. The van der Waals surface area contributed by atoms with Crippen LogP contribution in [-0.4, -0.2) is 30.1 Å². The smallest absolute Gasteiger partial charge is 0.331 e. The second kappa shape index (κ2) is 4.57. The molecule has 1 aliphatic rings. The number of allylic oxidation sites excluding steroid dienone is 1. The summed E-state index contributed by atoms with van der Waals surface area (Å²) in [7, 11) is 0. The monoisotopic (exact) mass is 182 g/mol. The van der Waals surface area contributed by atoms with E-state index in [0.29, 0.717) is 18.3 Å². The molecule has 0 amide bonds. The summed E-state index contributed by atoms with van der Waals surface area (Å²) in [6.07, 6.45) is 4.35. The molecule has 4 nitrogen and oxygen atoms in total. The molecule has 0 aromatic rings. The molecule has 1 atom stereocenters. The number of carbonyl (C=O) groups excluding carboxylic acids is 2. The molecule has 0 saturated heterocycles. The van der Waals surface area contributed by atoms with Gasteiger partial charge in [0, 0.05) is 11.6 Å². The van der Waals surface area contributed by atoms with E-state index in [-0.39, 0.29) is 6.61 Å². The van der Waals surface area contributed by atoms with E-state index in [1.165, 1.54) is 12.2 Å². The molecule has 4 heteroatoms. The second-order valence-corrected chi connectivity index (χ2v) is 2.64. The molecule has 1 heterocycles. The van der Waals surface area contributed by atoms with E-state index in [1.54, 1.807) is 6.08 Å². The molecule has 70 valence electrons. The van der Waals surface area contributed by atoms with Gasteiger partial charge in [0.25, 0.3) is 0 Å². The molecular weight excluding hydrogens is 172 g/mol. The Morgan fingerprint density at radius 3 is 3.00 bits per heavy atom. The standard InChI is InChI=1S/C9H10O4/c10-4-2-1-3-8(11)7-5-9(12)13-6-7/h1-2,4-5,8,11H,3,6H2/b2-1+. The van der Waals surface area contributed by atoms with Crippen LogP contribution in [0.25, 0.3) is 0 Å². The molecule has 0 bridgehead atoms. The number of ether oxygens (including phenoxy) is 1. The number of rotatable bonds is 4. The van der Waals surface area contributed by atoms with Gasteiger partial charge < -0.3 is 9.84 Å². The third kappa shape index (κ3) is 2.83. The molecule has 0 aromatic heterocycles. The summed E-state index contributed by atoms with van der Waals surface area (Å²) in [5, 5.41) is 9.43. The fourth-order valence-corrected chi connectivity index (χ4v) is 0.996. The molecule has 13 heavy (non-hydrogen) atoms. The van der Waals surface area contributed by atoms with Crippen LogP contribution in [0.5, 0.6) is 0 Å². The van der Waals surface area contributed by atoms with Crippen LogP contribution in [0.15, 0.2) is 23.8 Å². The topological polar surface area (TPSA) is 63.6 Å². The van der Waals surface area contributed by atoms with Gasteiger partial charge in [-0.15, -0.1) is 0 Å². The molecule has 0 fully saturated rings. The molecule has 1 aliphatic heterocycles. The highest BCUT2D eigenvalue weighted by molar-refractivity contribution is 5.85. The molecule has 1 N–H and O–H groups in total. The van der Waals surface area contributed by atoms with Gasteiger partial charge in [0.15, 0.2) is 0 Å². The molecule has 0 spiro atoms. The largest absolute Gasteiger partial charge is 0.458 e. The number of aliphatic hydroxyl groups is 1. The van der Waals surface area contributed by atoms with E-state index in [9.17, 15) is 14.7 Å². The van der Waals surface area contributed by atoms with Gasteiger partial charge in [-0.3, -0.25) is 4.79 Å². The normalized spacial score (nSPS) is 18.5. The van der Waals surface area contributed by atoms with Gasteiger partial charge in [0.2, 0.25) is 0 Å². The van der Waals surface area contributed by atoms with Crippen LogP contribution in [0.4, 0.5) is 0 Å². The van der Waals surface area contributed by atoms with Crippen molar-refractivity contribution in [2.75, 3.05) is 6.61 Å². The minimum absolute atomic E-state index is 0.148. The van der Waals surface area contributed by atoms with Crippen molar-refractivity contribution in [1.82, 2.24) is 0 Å². The maximum atomic E-state index is 10.6. The molecule has 0 saturated carbocycles. The van der Waals surface area contributed by atoms with Gasteiger partial charge in [-0.1, -0.05) is 6.08 Å². The zero-order valence-corrected chi connectivity index (χ0v) is 6.97. The fraction of sp³-hybridized carbons (Fsp3) is 0.333. The predicted octanol–water partition coefficient (Wildman–Crippen LogP) is -0.0243. The zero-order chi connectivity index (χ0) is 9.68. The molecule has 0 radical (unpaired) electrons. The van der Waals surface area contributed by atoms with E-state index in [0.717, 1.165) is 0 Å². The summed E-state index contributed by atoms with van der Waals surface area (Å²) in [6, 6.07) is 0. The summed E-state index contributed by atoms with van der Waals surface area (Å²) in [6.45, 7) is 0.148. The highest BCUT2D eigenvalue weighted by atomic mass is 16.5. The van der Waals surface area contributed by atoms with Crippen LogP contribution in [0.3, 0.4) is 0 Å². The van der Waals surface area contributed by atoms with Crippen molar-refractivity contribution in [2.24, 2.45) is 0 Å². The van der Waals surface area contributed by atoms with Crippen molar-refractivity contribution in [3.63, 3.8) is 0 Å². The predicted molar refractivity (Wildman–Crippen MR) is 44.9 cm³/mol. The number of esters is 1. The van der Waals surface area contributed by atoms with Gasteiger partial charge >= 0.3 is 5.97 Å². The minimum Gasteiger partial charge on any atom is -0.458 e. The van der Waals surface area contributed by atoms with E-state index >= 15 is 0 Å². The highest BCUT2D eigenvalue weighted by Gasteiger charge is 2.18. The van der Waals surface area contributed by atoms with Gasteiger partial charge in [-0.25, -0.2) is 4.79 Å². The summed E-state index contributed by atoms with van der Waals surface area (Å²) < 4.78 is 4.61. The third-order valence-corrected chi connectivity index (χ3v) is 1.69. The summed E-state index contributed by atoms with van der Waals surface area (Å²) in [5.74, 6) is -0.423. The average Bonchev–Trinajstić information content (AvgIpc) is 2.52. The molecular formula is C9H10O4. The van der Waals surface area contributed by atoms with Gasteiger partial charge in [0.05, 0.1) is 6.10 Å². The number of hydrogen-bond donors (Lipinski definition) is 1. The highest BCUT2D eigenvalue weighted by Crippen LogP contribution is 2.13. The summed E-state index contributed by atoms with van der Waals surface area (Å²) >= 11 is 0. The summed E-state index contributed by atoms with van der Waals surface area (Å²) in [4.78, 5) is 20.5. The Morgan fingerprint density at radius 2 is 2.46 bits per heavy atom. The maximum Gasteiger partial charge on any atom is 0.331 e. The number of cyclic esters (lactones) is 1. The fourth-order valence-electron chi connectivity index (χ4n) is 0.996. The first-order chi connectivity index (χ1) is 6.24. The Balaban J connectivity index is 2.43. The van der Waals surface area contributed by atoms with Crippen LogP contribution in [-0.2, 0) is 14.3 Å². The van der Waals surface area contributed by atoms with Gasteiger partial charge in [-0.05, 0) is 12.5 Å². The van der Waals surface area contributed by atoms with Gasteiger partial charge in [-0.2, -0.15) is 0 Å².